The van der Waals surface area contributed by atoms with E-state index in [1.165, 1.54) is 54.6 Å². The van der Waals surface area contributed by atoms with E-state index >= 15 is 0 Å². The molecule has 8 bridgehead atoms. The van der Waals surface area contributed by atoms with Crippen LogP contribution in [-0.2, 0) is 104 Å². The van der Waals surface area contributed by atoms with Crippen LogP contribution in [0.15, 0.2) is 103 Å². The lowest BCUT2D eigenvalue weighted by atomic mass is 9.49. The quantitative estimate of drug-likeness (QED) is 0.0112. The van der Waals surface area contributed by atoms with Crippen LogP contribution in [0.2, 0.25) is 0 Å². The van der Waals surface area contributed by atoms with Gasteiger partial charge in [-0.2, -0.15) is 52.7 Å². The summed E-state index contributed by atoms with van der Waals surface area (Å²) in [6, 6.07) is 21.9. The predicted octanol–water partition coefficient (Wildman–Crippen LogP) is 10.1. The summed E-state index contributed by atoms with van der Waals surface area (Å²) in [7, 11) is 0.801. The molecule has 0 N–H and O–H groups in total. The zero-order chi connectivity index (χ0) is 95.7. The van der Waals surface area contributed by atoms with E-state index in [-0.39, 0.29) is 65.9 Å². The highest BCUT2D eigenvalue weighted by molar-refractivity contribution is 7.86. The minimum Gasteiger partial charge on any atom is -0.748 e. The molecule has 129 heavy (non-hydrogen) atoms. The monoisotopic (exact) mass is 1900 g/mol. The van der Waals surface area contributed by atoms with Crippen molar-refractivity contribution in [2.24, 2.45) is 52.3 Å². The van der Waals surface area contributed by atoms with Crippen LogP contribution in [0.4, 0.5) is 52.7 Å². The Morgan fingerprint density at radius 1 is 0.364 bits per heavy atom. The molecule has 694 valence electrons. The third-order valence-corrected chi connectivity index (χ3v) is 25.4. The molecule has 8 radical (unpaired) electrons. The maximum atomic E-state index is 13.3. The van der Waals surface area contributed by atoms with Crippen LogP contribution in [0, 0.1) is 52.3 Å². The van der Waals surface area contributed by atoms with Gasteiger partial charge in [-0.3, -0.25) is 19.2 Å². The van der Waals surface area contributed by atoms with E-state index in [9.17, 15) is 148 Å². The molecule has 5 aromatic carbocycles. The molecule has 0 spiro atoms. The first-order chi connectivity index (χ1) is 59.8. The molecule has 9 aliphatic carbocycles. The minimum atomic E-state index is -5.38. The number of Topliss-reactive ketones (excluding diaryl/α,β-unsaturated/α-hetero) is 1. The predicted molar refractivity (Wildman–Crippen MR) is 419 cm³/mol. The van der Waals surface area contributed by atoms with Crippen LogP contribution in [0.25, 0.3) is 0 Å². The Morgan fingerprint density at radius 3 is 0.915 bits per heavy atom. The molecule has 5 aromatic rings. The molecule has 0 amide bonds. The van der Waals surface area contributed by atoms with Crippen molar-refractivity contribution in [3.05, 3.63) is 153 Å². The first kappa shape index (κ1) is 103. The zero-order valence-electron chi connectivity index (χ0n) is 67.5. The molecule has 0 aromatic heterocycles. The molecule has 14 rings (SSSR count). The average molecular weight is 1900 g/mol. The number of ketones is 1. The van der Waals surface area contributed by atoms with Gasteiger partial charge in [0.1, 0.15) is 51.0 Å². The van der Waals surface area contributed by atoms with Crippen LogP contribution in [0.3, 0.4) is 0 Å². The van der Waals surface area contributed by atoms with Crippen LogP contribution in [-0.4, -0.2) is 209 Å². The topological polar surface area (TPSA) is 456 Å². The normalized spacial score (nSPS) is 22.2. The van der Waals surface area contributed by atoms with Crippen molar-refractivity contribution < 1.29 is 186 Å². The highest BCUT2D eigenvalue weighted by atomic mass is 32.2. The standard InChI is InChI=1S/C22H22BF3O8S.C22H24BF3O7S.C18H20BF3O7S.C18H14BF3O7S/c23-9-11-1-2-15(19(28)34-17(22(24,25)26)10-35(30,31)32)16(5-11)33-20(29)21-6-12-3-13(7-21)18(27)14(4-12)8-21;23-10-12-1-2-16(19(27)33-18(22(24,25)26)11-34(29,30)31)17(6-12)32-20(28)21-7-13-3-14(8-21)5-15(4-13)9-21;2*19-9-11-6-7-13(14(8-11)28-16(23)12-4-2-1-3-5-12)17(24)29-15(18(20,21)22)10-30(25,26)27/h1-2,5,12-14,17H,3-4,6-10H2,(H,30,31,32);1-2,6,13-15,18H,3-5,7-11H2,(H,29,30,31);6-8,12,15H,1-5,9-10H2,(H,25,26,27);1-8,15H,9-10H2,(H,25,26,27)/p-4. The number of carbonyl (C=O) groups is 9. The van der Waals surface area contributed by atoms with Crippen molar-refractivity contribution in [1.29, 1.82) is 0 Å². The molecular formula is C80H76B4F12O29S4-4. The van der Waals surface area contributed by atoms with Gasteiger partial charge in [-0.05, 0) is 168 Å². The van der Waals surface area contributed by atoms with Crippen LogP contribution >= 0.6 is 0 Å². The Morgan fingerprint density at radius 2 is 0.636 bits per heavy atom. The lowest BCUT2D eigenvalue weighted by Crippen LogP contribution is -2.55. The molecule has 0 saturated heterocycles. The van der Waals surface area contributed by atoms with E-state index in [2.05, 4.69) is 18.9 Å². The average Bonchev–Trinajstić information content (AvgIpc) is 0.721. The van der Waals surface area contributed by atoms with Gasteiger partial charge in [-0.25, -0.2) is 57.6 Å². The number of halogens is 12. The number of carbonyl (C=O) groups excluding carboxylic acids is 9. The van der Waals surface area contributed by atoms with E-state index in [1.807, 2.05) is 0 Å². The minimum absolute atomic E-state index is 0.00289. The van der Waals surface area contributed by atoms with Gasteiger partial charge in [0, 0.05) is 11.8 Å². The van der Waals surface area contributed by atoms with Gasteiger partial charge in [-0.1, -0.05) is 109 Å². The summed E-state index contributed by atoms with van der Waals surface area (Å²) >= 11 is 0. The van der Waals surface area contributed by atoms with Crippen molar-refractivity contribution >= 4 is 125 Å². The first-order valence-corrected chi connectivity index (χ1v) is 45.7. The summed E-state index contributed by atoms with van der Waals surface area (Å²) in [4.78, 5) is 113. The Balaban J connectivity index is 0.000000195. The van der Waals surface area contributed by atoms with Gasteiger partial charge in [0.05, 0.1) is 117 Å². The molecule has 6 unspecified atom stereocenters. The number of hydrogen-bond donors (Lipinski definition) is 0. The summed E-state index contributed by atoms with van der Waals surface area (Å²) in [5.41, 5.74) is -2.01. The SMILES string of the molecule is [B]Cc1ccc(C(=O)OC(CS(=O)(=O)[O-])C(F)(F)F)c(OC(=O)C23CC4CC(C2)C(=O)C(C4)C3)c1.[B]Cc1ccc(C(=O)OC(CS(=O)(=O)[O-])C(F)(F)F)c(OC(=O)C23CC4CC(CC(C4)C2)C3)c1.[B]Cc1ccc(C(=O)OC(CS(=O)(=O)[O-])C(F)(F)F)c(OC(=O)C2CCCCC2)c1.[B]Cc1ccc(C(=O)OC(CS(=O)(=O)[O-])C(F)(F)F)c(OC(=O)c2ccccc2)c1. The zero-order valence-corrected chi connectivity index (χ0v) is 70.7. The maximum absolute atomic E-state index is 13.3. The van der Waals surface area contributed by atoms with Gasteiger partial charge in [-0.15, -0.1) is 0 Å². The van der Waals surface area contributed by atoms with Crippen molar-refractivity contribution in [2.45, 2.75) is 177 Å². The van der Waals surface area contributed by atoms with Gasteiger partial charge < -0.3 is 56.1 Å². The van der Waals surface area contributed by atoms with Crippen LogP contribution < -0.4 is 18.9 Å². The van der Waals surface area contributed by atoms with Crippen molar-refractivity contribution in [1.82, 2.24) is 0 Å². The van der Waals surface area contributed by atoms with Crippen LogP contribution in [0.1, 0.15) is 177 Å². The third kappa shape index (κ3) is 28.8. The molecule has 0 heterocycles. The van der Waals surface area contributed by atoms with Gasteiger partial charge in [0.25, 0.3) is 0 Å². The smallest absolute Gasteiger partial charge is 0.426 e. The van der Waals surface area contributed by atoms with Gasteiger partial charge >= 0.3 is 72.5 Å². The van der Waals surface area contributed by atoms with E-state index in [0.717, 1.165) is 68.9 Å². The lowest BCUT2D eigenvalue weighted by Gasteiger charge is -2.55. The van der Waals surface area contributed by atoms with E-state index in [0.29, 0.717) is 104 Å². The lowest BCUT2D eigenvalue weighted by molar-refractivity contribution is -0.197. The van der Waals surface area contributed by atoms with E-state index in [4.69, 9.17) is 50.3 Å². The maximum Gasteiger partial charge on any atom is 0.426 e. The van der Waals surface area contributed by atoms with Crippen molar-refractivity contribution in [3.63, 3.8) is 0 Å². The Kier molecular flexibility index (Phi) is 33.3. The second-order valence-electron chi connectivity index (χ2n) is 32.3. The first-order valence-electron chi connectivity index (χ1n) is 39.4. The molecule has 0 aliphatic heterocycles. The Labute approximate surface area is 735 Å². The number of alkyl halides is 12. The molecule has 29 nitrogen and oxygen atoms in total. The second-order valence-corrected chi connectivity index (χ2v) is 38.1. The van der Waals surface area contributed by atoms with Gasteiger partial charge in [0.15, 0.2) is 0 Å². The Hall–Kier alpha value is -9.41. The van der Waals surface area contributed by atoms with Crippen molar-refractivity contribution in [2.75, 3.05) is 23.0 Å². The Bertz CT molecular complexity index is 5430. The van der Waals surface area contributed by atoms with Crippen LogP contribution in [0.5, 0.6) is 23.0 Å². The molecule has 9 fully saturated rings. The number of esters is 8. The second kappa shape index (κ2) is 41.6. The van der Waals surface area contributed by atoms with E-state index < -0.39 is 211 Å². The summed E-state index contributed by atoms with van der Waals surface area (Å²) < 4.78 is 326. The van der Waals surface area contributed by atoms with Gasteiger partial charge in [0.2, 0.25) is 24.4 Å². The number of ether oxygens (including phenoxy) is 8. The molecule has 49 heteroatoms. The summed E-state index contributed by atoms with van der Waals surface area (Å²) in [5, 5.41) is 0. The summed E-state index contributed by atoms with van der Waals surface area (Å²) in [6.07, 6.45) is -22.4. The largest absolute Gasteiger partial charge is 0.748 e. The molecule has 9 saturated carbocycles. The van der Waals surface area contributed by atoms with E-state index in [1.54, 1.807) is 18.2 Å². The highest BCUT2D eigenvalue weighted by Gasteiger charge is 2.60. The third-order valence-electron chi connectivity index (χ3n) is 22.6. The number of rotatable bonds is 28. The molecule has 9 aliphatic rings. The fraction of sp³-hybridized carbons (Fsp3) is 0.512. The molecule has 6 atom stereocenters. The highest BCUT2D eigenvalue weighted by Crippen LogP contribution is 2.61. The van der Waals surface area contributed by atoms with Crippen molar-refractivity contribution in [3.8, 4) is 23.0 Å². The fourth-order valence-electron chi connectivity index (χ4n) is 17.1. The fourth-order valence-corrected chi connectivity index (χ4v) is 19.6. The number of benzene rings is 5. The molecular weight excluding hydrogens is 1820 g/mol. The number of hydrogen-bond acceptors (Lipinski definition) is 29. The summed E-state index contributed by atoms with van der Waals surface area (Å²) in [5.74, 6) is -17.9. The summed E-state index contributed by atoms with van der Waals surface area (Å²) in [6.45, 7) is 0.